The van der Waals surface area contributed by atoms with Gasteiger partial charge in [0.1, 0.15) is 5.60 Å². The van der Waals surface area contributed by atoms with Crippen LogP contribution in [0.5, 0.6) is 0 Å². The first kappa shape index (κ1) is 14.8. The van der Waals surface area contributed by atoms with Gasteiger partial charge in [0.25, 0.3) is 0 Å². The van der Waals surface area contributed by atoms with E-state index in [1.165, 1.54) is 0 Å². The standard InChI is InChI=1S/C13H23NO4/c1-12(2,3)18-11(17)14-9-7-5-6-8-13(9,4)10(15)16/h9H,5-8H2,1-4H3,(H,14,17)(H,15,16)/t9-,13+/m1/s1. The number of aliphatic carboxylic acids is 1. The number of hydrogen-bond acceptors (Lipinski definition) is 3. The molecule has 0 heterocycles. The molecule has 0 unspecified atom stereocenters. The molecule has 104 valence electrons. The van der Waals surface area contributed by atoms with Gasteiger partial charge in [-0.15, -0.1) is 0 Å². The molecular weight excluding hydrogens is 234 g/mol. The molecule has 5 heteroatoms. The Morgan fingerprint density at radius 2 is 1.94 bits per heavy atom. The van der Waals surface area contributed by atoms with Crippen LogP contribution in [0.4, 0.5) is 4.79 Å². The molecule has 0 radical (unpaired) electrons. The topological polar surface area (TPSA) is 75.6 Å². The van der Waals surface area contributed by atoms with Crippen molar-refractivity contribution in [2.24, 2.45) is 5.41 Å². The number of rotatable bonds is 2. The molecule has 0 spiro atoms. The van der Waals surface area contributed by atoms with Gasteiger partial charge in [0, 0.05) is 6.04 Å². The molecule has 5 nitrogen and oxygen atoms in total. The lowest BCUT2D eigenvalue weighted by molar-refractivity contribution is -0.151. The van der Waals surface area contributed by atoms with Crippen LogP contribution in [-0.2, 0) is 9.53 Å². The maximum atomic E-state index is 11.7. The Balaban J connectivity index is 2.69. The van der Waals surface area contributed by atoms with E-state index >= 15 is 0 Å². The third-order valence-corrected chi connectivity index (χ3v) is 3.39. The van der Waals surface area contributed by atoms with Gasteiger partial charge in [-0.25, -0.2) is 4.79 Å². The highest BCUT2D eigenvalue weighted by atomic mass is 16.6. The Hall–Kier alpha value is -1.26. The average molecular weight is 257 g/mol. The SMILES string of the molecule is CC(C)(C)OC(=O)N[C@@H]1CCCC[C@]1(C)C(=O)O. The van der Waals surface area contributed by atoms with Gasteiger partial charge in [-0.1, -0.05) is 12.8 Å². The van der Waals surface area contributed by atoms with Crippen LogP contribution in [0.1, 0.15) is 53.4 Å². The molecule has 2 N–H and O–H groups in total. The average Bonchev–Trinajstić information content (AvgIpc) is 2.18. The number of ether oxygens (including phenoxy) is 1. The van der Waals surface area contributed by atoms with Gasteiger partial charge in [0.15, 0.2) is 0 Å². The number of alkyl carbamates (subject to hydrolysis) is 1. The second-order valence-corrected chi connectivity index (χ2v) is 6.17. The van der Waals surface area contributed by atoms with E-state index in [2.05, 4.69) is 5.32 Å². The van der Waals surface area contributed by atoms with E-state index in [1.807, 2.05) is 0 Å². The van der Waals surface area contributed by atoms with Gasteiger partial charge in [0.05, 0.1) is 5.41 Å². The van der Waals surface area contributed by atoms with Crippen LogP contribution in [0, 0.1) is 5.41 Å². The number of carboxylic acids is 1. The maximum Gasteiger partial charge on any atom is 0.407 e. The van der Waals surface area contributed by atoms with Crippen LogP contribution >= 0.6 is 0 Å². The van der Waals surface area contributed by atoms with E-state index in [0.717, 1.165) is 12.8 Å². The quantitative estimate of drug-likeness (QED) is 0.797. The van der Waals surface area contributed by atoms with Gasteiger partial charge < -0.3 is 15.2 Å². The summed E-state index contributed by atoms with van der Waals surface area (Å²) in [5, 5.41) is 12.0. The summed E-state index contributed by atoms with van der Waals surface area (Å²) >= 11 is 0. The lowest BCUT2D eigenvalue weighted by Crippen LogP contribution is -2.53. The Kier molecular flexibility index (Phi) is 4.24. The largest absolute Gasteiger partial charge is 0.481 e. The van der Waals surface area contributed by atoms with Crippen molar-refractivity contribution in [1.29, 1.82) is 0 Å². The molecule has 0 aromatic rings. The monoisotopic (exact) mass is 257 g/mol. The van der Waals surface area contributed by atoms with Crippen LogP contribution in [0.25, 0.3) is 0 Å². The van der Waals surface area contributed by atoms with Crippen molar-refractivity contribution in [3.8, 4) is 0 Å². The molecule has 1 amide bonds. The first-order valence-corrected chi connectivity index (χ1v) is 6.38. The Morgan fingerprint density at radius 3 is 2.44 bits per heavy atom. The number of nitrogens with one attached hydrogen (secondary N) is 1. The minimum absolute atomic E-state index is 0.362. The molecule has 0 aromatic heterocycles. The molecule has 1 saturated carbocycles. The molecule has 18 heavy (non-hydrogen) atoms. The van der Waals surface area contributed by atoms with Crippen molar-refractivity contribution in [1.82, 2.24) is 5.32 Å². The molecular formula is C13H23NO4. The van der Waals surface area contributed by atoms with Crippen LogP contribution in [0.2, 0.25) is 0 Å². The van der Waals surface area contributed by atoms with Gasteiger partial charge >= 0.3 is 12.1 Å². The Morgan fingerprint density at radius 1 is 1.33 bits per heavy atom. The summed E-state index contributed by atoms with van der Waals surface area (Å²) in [7, 11) is 0. The molecule has 0 saturated heterocycles. The lowest BCUT2D eigenvalue weighted by Gasteiger charge is -2.38. The van der Waals surface area contributed by atoms with Gasteiger partial charge in [-0.05, 0) is 40.5 Å². The summed E-state index contributed by atoms with van der Waals surface area (Å²) in [6, 6.07) is -0.362. The van der Waals surface area contributed by atoms with Crippen LogP contribution in [0.15, 0.2) is 0 Å². The summed E-state index contributed by atoms with van der Waals surface area (Å²) in [5.74, 6) is -0.858. The van der Waals surface area contributed by atoms with E-state index in [1.54, 1.807) is 27.7 Å². The molecule has 1 rings (SSSR count). The molecule has 1 fully saturated rings. The Bertz CT molecular complexity index is 334. The highest BCUT2D eigenvalue weighted by Crippen LogP contribution is 2.36. The fourth-order valence-corrected chi connectivity index (χ4v) is 2.27. The van der Waals surface area contributed by atoms with E-state index in [-0.39, 0.29) is 6.04 Å². The molecule has 0 bridgehead atoms. The fourth-order valence-electron chi connectivity index (χ4n) is 2.27. The van der Waals surface area contributed by atoms with E-state index < -0.39 is 23.1 Å². The van der Waals surface area contributed by atoms with E-state index in [0.29, 0.717) is 12.8 Å². The zero-order valence-electron chi connectivity index (χ0n) is 11.6. The van der Waals surface area contributed by atoms with Crippen LogP contribution in [0.3, 0.4) is 0 Å². The van der Waals surface area contributed by atoms with Crippen molar-refractivity contribution in [2.75, 3.05) is 0 Å². The number of amides is 1. The summed E-state index contributed by atoms with van der Waals surface area (Å²) < 4.78 is 5.17. The van der Waals surface area contributed by atoms with Crippen LogP contribution < -0.4 is 5.32 Å². The second kappa shape index (κ2) is 5.16. The smallest absolute Gasteiger partial charge is 0.407 e. The first-order chi connectivity index (χ1) is 8.15. The summed E-state index contributed by atoms with van der Waals surface area (Å²) in [5.41, 5.74) is -1.46. The molecule has 2 atom stereocenters. The zero-order chi connectivity index (χ0) is 14.0. The highest BCUT2D eigenvalue weighted by Gasteiger charge is 2.44. The molecule has 0 aliphatic heterocycles. The highest BCUT2D eigenvalue weighted by molar-refractivity contribution is 5.77. The van der Waals surface area contributed by atoms with E-state index in [4.69, 9.17) is 4.74 Å². The molecule has 0 aromatic carbocycles. The predicted octanol–water partition coefficient (Wildman–Crippen LogP) is 2.54. The third-order valence-electron chi connectivity index (χ3n) is 3.39. The van der Waals surface area contributed by atoms with Gasteiger partial charge in [0.2, 0.25) is 0 Å². The summed E-state index contributed by atoms with van der Waals surface area (Å²) in [6.07, 6.45) is 2.55. The van der Waals surface area contributed by atoms with Crippen LogP contribution in [-0.4, -0.2) is 28.8 Å². The third kappa shape index (κ3) is 3.62. The van der Waals surface area contributed by atoms with Gasteiger partial charge in [-0.2, -0.15) is 0 Å². The number of carboxylic acid groups (broad SMARTS) is 1. The van der Waals surface area contributed by atoms with Crippen molar-refractivity contribution in [3.63, 3.8) is 0 Å². The molecule has 1 aliphatic rings. The molecule has 1 aliphatic carbocycles. The summed E-state index contributed by atoms with van der Waals surface area (Å²) in [6.45, 7) is 7.04. The normalized spacial score (nSPS) is 28.6. The van der Waals surface area contributed by atoms with Crippen molar-refractivity contribution < 1.29 is 19.4 Å². The van der Waals surface area contributed by atoms with Crippen molar-refractivity contribution in [3.05, 3.63) is 0 Å². The lowest BCUT2D eigenvalue weighted by atomic mass is 9.72. The zero-order valence-corrected chi connectivity index (χ0v) is 11.6. The second-order valence-electron chi connectivity index (χ2n) is 6.17. The number of carbonyl (C=O) groups excluding carboxylic acids is 1. The minimum atomic E-state index is -0.894. The first-order valence-electron chi connectivity index (χ1n) is 6.38. The Labute approximate surface area is 108 Å². The number of hydrogen-bond donors (Lipinski definition) is 2. The summed E-state index contributed by atoms with van der Waals surface area (Å²) in [4.78, 5) is 23.1. The van der Waals surface area contributed by atoms with Crippen molar-refractivity contribution >= 4 is 12.1 Å². The van der Waals surface area contributed by atoms with Gasteiger partial charge in [-0.3, -0.25) is 4.79 Å². The minimum Gasteiger partial charge on any atom is -0.481 e. The number of carbonyl (C=O) groups is 2. The fraction of sp³-hybridized carbons (Fsp3) is 0.846. The predicted molar refractivity (Wildman–Crippen MR) is 67.4 cm³/mol. The van der Waals surface area contributed by atoms with E-state index in [9.17, 15) is 14.7 Å². The van der Waals surface area contributed by atoms with Crippen molar-refractivity contribution in [2.45, 2.75) is 65.0 Å². The maximum absolute atomic E-state index is 11.7.